The number of aromatic nitrogens is 4. The summed E-state index contributed by atoms with van der Waals surface area (Å²) in [4.78, 5) is 46.9. The Kier molecular flexibility index (Phi) is 9.23. The molecule has 10 nitrogen and oxygen atoms in total. The number of morpholine rings is 1. The summed E-state index contributed by atoms with van der Waals surface area (Å²) in [5.41, 5.74) is 2.04. The lowest BCUT2D eigenvalue weighted by Gasteiger charge is -2.28. The number of rotatable bonds is 9. The van der Waals surface area contributed by atoms with Gasteiger partial charge in [-0.3, -0.25) is 18.8 Å². The van der Waals surface area contributed by atoms with Gasteiger partial charge in [-0.15, -0.1) is 0 Å². The first kappa shape index (κ1) is 29.6. The van der Waals surface area contributed by atoms with E-state index < -0.39 is 5.97 Å². The third-order valence-electron chi connectivity index (χ3n) is 9.48. The van der Waals surface area contributed by atoms with Crippen LogP contribution in [0.1, 0.15) is 69.8 Å². The van der Waals surface area contributed by atoms with Crippen LogP contribution in [0.25, 0.3) is 28.6 Å². The summed E-state index contributed by atoms with van der Waals surface area (Å²) in [6, 6.07) is 7.51. The Morgan fingerprint density at radius 2 is 1.47 bits per heavy atom. The average molecular weight is 590 g/mol. The number of aliphatic carboxylic acids is 1. The molecule has 0 radical (unpaired) electrons. The van der Waals surface area contributed by atoms with Gasteiger partial charge < -0.3 is 14.4 Å². The van der Waals surface area contributed by atoms with Gasteiger partial charge in [0.2, 0.25) is 0 Å². The Morgan fingerprint density at radius 1 is 0.860 bits per heavy atom. The zero-order valence-electron chi connectivity index (χ0n) is 25.0. The summed E-state index contributed by atoms with van der Waals surface area (Å²) < 4.78 is 10.9. The van der Waals surface area contributed by atoms with Crippen molar-refractivity contribution in [3.63, 3.8) is 0 Å². The van der Waals surface area contributed by atoms with Crippen LogP contribution in [0.15, 0.2) is 39.9 Å². The van der Waals surface area contributed by atoms with E-state index >= 15 is 0 Å². The van der Waals surface area contributed by atoms with E-state index in [1.54, 1.807) is 10.6 Å². The van der Waals surface area contributed by atoms with Crippen molar-refractivity contribution in [2.45, 2.75) is 84.0 Å². The minimum Gasteiger partial charge on any atom is -0.478 e. The number of carboxylic acid groups (broad SMARTS) is 1. The molecule has 2 aromatic heterocycles. The van der Waals surface area contributed by atoms with E-state index in [2.05, 4.69) is 4.90 Å². The van der Waals surface area contributed by atoms with Gasteiger partial charge in [0.25, 0.3) is 5.56 Å². The van der Waals surface area contributed by atoms with E-state index in [1.165, 1.54) is 30.3 Å². The highest BCUT2D eigenvalue weighted by molar-refractivity contribution is 5.85. The molecule has 3 aromatic rings. The smallest absolute Gasteiger partial charge is 0.332 e. The van der Waals surface area contributed by atoms with Gasteiger partial charge in [0, 0.05) is 37.8 Å². The van der Waals surface area contributed by atoms with Crippen LogP contribution in [0.2, 0.25) is 0 Å². The largest absolute Gasteiger partial charge is 0.478 e. The molecule has 3 fully saturated rings. The highest BCUT2D eigenvalue weighted by Crippen LogP contribution is 2.29. The van der Waals surface area contributed by atoms with Crippen LogP contribution in [0, 0.1) is 11.8 Å². The van der Waals surface area contributed by atoms with Crippen LogP contribution in [0.4, 0.5) is 0 Å². The van der Waals surface area contributed by atoms with E-state index in [1.807, 2.05) is 28.8 Å². The minimum atomic E-state index is -1.00. The normalized spacial score (nSPS) is 19.4. The van der Waals surface area contributed by atoms with Crippen molar-refractivity contribution in [2.75, 3.05) is 26.3 Å². The molecule has 3 aliphatic rings. The summed E-state index contributed by atoms with van der Waals surface area (Å²) in [5.74, 6) is 0.362. The second-order valence-electron chi connectivity index (χ2n) is 12.5. The van der Waals surface area contributed by atoms with Gasteiger partial charge in [-0.2, -0.15) is 0 Å². The Balaban J connectivity index is 1.51. The predicted molar refractivity (Wildman–Crippen MR) is 166 cm³/mol. The van der Waals surface area contributed by atoms with Gasteiger partial charge >= 0.3 is 11.7 Å². The van der Waals surface area contributed by atoms with Crippen molar-refractivity contribution in [2.24, 2.45) is 11.8 Å². The molecule has 0 amide bonds. The fourth-order valence-electron chi connectivity index (χ4n) is 7.08. The average Bonchev–Trinajstić information content (AvgIpc) is 3.41. The van der Waals surface area contributed by atoms with Crippen LogP contribution < -0.4 is 11.2 Å². The maximum absolute atomic E-state index is 14.4. The standard InChI is InChI=1S/C33H43N5O5/c39-28(40)16-13-24-11-14-27(15-12-24)30-34-31-29(38(30)23-35-17-19-43-20-18-35)32(41)37(22-26-9-5-2-6-10-26)33(42)36(31)21-25-7-3-1-4-8-25/h11-16,25-26H,1-10,17-23H2,(H,39,40)/b16-13+. The van der Waals surface area contributed by atoms with Gasteiger partial charge in [-0.25, -0.2) is 14.6 Å². The van der Waals surface area contributed by atoms with Crippen molar-refractivity contribution < 1.29 is 14.6 Å². The second-order valence-corrected chi connectivity index (χ2v) is 12.5. The lowest BCUT2D eigenvalue weighted by molar-refractivity contribution is -0.131. The molecule has 3 heterocycles. The molecule has 0 spiro atoms. The van der Waals surface area contributed by atoms with Gasteiger partial charge in [0.1, 0.15) is 5.82 Å². The first-order chi connectivity index (χ1) is 21.0. The summed E-state index contributed by atoms with van der Waals surface area (Å²) in [5, 5.41) is 9.02. The Bertz CT molecular complexity index is 1570. The van der Waals surface area contributed by atoms with Crippen molar-refractivity contribution in [1.82, 2.24) is 23.6 Å². The Labute approximate surface area is 251 Å². The Morgan fingerprint density at radius 3 is 2.07 bits per heavy atom. The van der Waals surface area contributed by atoms with Crippen molar-refractivity contribution >= 4 is 23.2 Å². The molecular weight excluding hydrogens is 546 g/mol. The molecule has 10 heteroatoms. The number of nitrogens with zero attached hydrogens (tertiary/aromatic N) is 5. The maximum atomic E-state index is 14.4. The summed E-state index contributed by atoms with van der Waals surface area (Å²) in [6.07, 6.45) is 14.0. The number of hydrogen-bond donors (Lipinski definition) is 1. The number of fused-ring (bicyclic) bond motifs is 1. The van der Waals surface area contributed by atoms with Gasteiger partial charge in [0.15, 0.2) is 11.2 Å². The zero-order chi connectivity index (χ0) is 29.8. The van der Waals surface area contributed by atoms with E-state index in [-0.39, 0.29) is 11.2 Å². The molecule has 0 bridgehead atoms. The summed E-state index contributed by atoms with van der Waals surface area (Å²) >= 11 is 0. The summed E-state index contributed by atoms with van der Waals surface area (Å²) in [7, 11) is 0. The molecule has 43 heavy (non-hydrogen) atoms. The fraction of sp³-hybridized carbons (Fsp3) is 0.576. The van der Waals surface area contributed by atoms with Crippen LogP contribution >= 0.6 is 0 Å². The lowest BCUT2D eigenvalue weighted by Crippen LogP contribution is -2.44. The number of ether oxygens (including phenoxy) is 1. The van der Waals surface area contributed by atoms with Crippen LogP contribution in [-0.2, 0) is 29.3 Å². The van der Waals surface area contributed by atoms with Crippen LogP contribution in [0.3, 0.4) is 0 Å². The van der Waals surface area contributed by atoms with E-state index in [0.717, 1.165) is 68.8 Å². The molecule has 2 aliphatic carbocycles. The lowest BCUT2D eigenvalue weighted by atomic mass is 9.89. The van der Waals surface area contributed by atoms with E-state index in [4.69, 9.17) is 14.8 Å². The minimum absolute atomic E-state index is 0.231. The monoisotopic (exact) mass is 589 g/mol. The molecule has 0 unspecified atom stereocenters. The molecule has 1 aliphatic heterocycles. The number of imidazole rings is 1. The molecule has 2 saturated carbocycles. The Hall–Kier alpha value is -3.50. The number of benzene rings is 1. The highest BCUT2D eigenvalue weighted by Gasteiger charge is 2.27. The van der Waals surface area contributed by atoms with Gasteiger partial charge in [-0.05, 0) is 49.2 Å². The quantitative estimate of drug-likeness (QED) is 0.364. The van der Waals surface area contributed by atoms with Crippen molar-refractivity contribution in [3.8, 4) is 11.4 Å². The third kappa shape index (κ3) is 6.70. The predicted octanol–water partition coefficient (Wildman–Crippen LogP) is 4.57. The fourth-order valence-corrected chi connectivity index (χ4v) is 7.08. The van der Waals surface area contributed by atoms with Crippen molar-refractivity contribution in [3.05, 3.63) is 56.7 Å². The van der Waals surface area contributed by atoms with E-state index in [9.17, 15) is 14.4 Å². The topological polar surface area (TPSA) is 112 Å². The second kappa shape index (κ2) is 13.4. The molecular formula is C33H43N5O5. The zero-order valence-corrected chi connectivity index (χ0v) is 25.0. The third-order valence-corrected chi connectivity index (χ3v) is 9.48. The molecule has 6 rings (SSSR count). The van der Waals surface area contributed by atoms with Crippen molar-refractivity contribution in [1.29, 1.82) is 0 Å². The number of carboxylic acids is 1. The molecule has 230 valence electrons. The molecule has 0 atom stereocenters. The van der Waals surface area contributed by atoms with Gasteiger partial charge in [-0.1, -0.05) is 62.8 Å². The molecule has 1 N–H and O–H groups in total. The first-order valence-corrected chi connectivity index (χ1v) is 16.0. The summed E-state index contributed by atoms with van der Waals surface area (Å²) in [6.45, 7) is 4.26. The van der Waals surface area contributed by atoms with Crippen LogP contribution in [-0.4, -0.2) is 61.0 Å². The maximum Gasteiger partial charge on any atom is 0.332 e. The SMILES string of the molecule is O=C(O)/C=C/c1ccc(-c2nc3c(c(=O)n(CC4CCCCC4)c(=O)n3CC3CCCCC3)n2CN2CCOCC2)cc1. The first-order valence-electron chi connectivity index (χ1n) is 16.0. The number of carbonyl (C=O) groups is 1. The number of hydrogen-bond acceptors (Lipinski definition) is 6. The molecule has 1 saturated heterocycles. The van der Waals surface area contributed by atoms with E-state index in [0.29, 0.717) is 61.8 Å². The molecule has 1 aromatic carbocycles. The highest BCUT2D eigenvalue weighted by atomic mass is 16.5. The van der Waals surface area contributed by atoms with Crippen LogP contribution in [0.5, 0.6) is 0 Å². The van der Waals surface area contributed by atoms with Gasteiger partial charge in [0.05, 0.1) is 19.9 Å².